The Morgan fingerprint density at radius 3 is 2.20 bits per heavy atom. The Labute approximate surface area is 272 Å². The van der Waals surface area contributed by atoms with Gasteiger partial charge in [0.05, 0.1) is 0 Å². The Morgan fingerprint density at radius 1 is 0.630 bits per heavy atom. The molecule has 6 aromatic rings. The third-order valence-electron chi connectivity index (χ3n) is 9.96. The topological polar surface area (TPSA) is 0 Å². The third kappa shape index (κ3) is 4.78. The first-order valence-corrected chi connectivity index (χ1v) is 16.2. The predicted octanol–water partition coefficient (Wildman–Crippen LogP) is 9.89. The molecule has 0 radical (unpaired) electrons. The number of aryl methyl sites for hydroxylation is 1. The Hall–Kier alpha value is -5.46. The molecular formula is C46H36. The van der Waals surface area contributed by atoms with E-state index in [0.717, 1.165) is 0 Å². The number of benzene rings is 6. The maximum Gasteiger partial charge on any atom is 0.0217 e. The Morgan fingerprint density at radius 2 is 1.35 bits per heavy atom. The zero-order chi connectivity index (χ0) is 31.1. The van der Waals surface area contributed by atoms with Crippen molar-refractivity contribution in [1.82, 2.24) is 0 Å². The van der Waals surface area contributed by atoms with Crippen LogP contribution in [-0.2, 0) is 5.41 Å². The van der Waals surface area contributed by atoms with Gasteiger partial charge in [0, 0.05) is 11.3 Å². The molecule has 220 valence electrons. The van der Waals surface area contributed by atoms with Crippen LogP contribution < -0.4 is 10.4 Å². The van der Waals surface area contributed by atoms with Gasteiger partial charge in [-0.1, -0.05) is 171 Å². The van der Waals surface area contributed by atoms with Crippen LogP contribution in [0.5, 0.6) is 0 Å². The van der Waals surface area contributed by atoms with Gasteiger partial charge in [0.25, 0.3) is 0 Å². The van der Waals surface area contributed by atoms with Gasteiger partial charge in [-0.3, -0.25) is 0 Å². The molecule has 0 saturated carbocycles. The highest BCUT2D eigenvalue weighted by Gasteiger charge is 2.41. The first kappa shape index (κ1) is 28.0. The fourth-order valence-electron chi connectivity index (χ4n) is 7.55. The second-order valence-corrected chi connectivity index (χ2v) is 12.8. The van der Waals surface area contributed by atoms with Crippen molar-refractivity contribution in [2.24, 2.45) is 0 Å². The Balaban J connectivity index is 1.23. The number of hydrogen-bond acceptors (Lipinski definition) is 0. The molecule has 6 aromatic carbocycles. The monoisotopic (exact) mass is 588 g/mol. The van der Waals surface area contributed by atoms with Crippen molar-refractivity contribution in [3.05, 3.63) is 214 Å². The van der Waals surface area contributed by atoms with E-state index in [1.54, 1.807) is 0 Å². The molecule has 0 heterocycles. The first-order valence-electron chi connectivity index (χ1n) is 16.2. The molecule has 0 spiro atoms. The van der Waals surface area contributed by atoms with E-state index >= 15 is 0 Å². The molecule has 0 heteroatoms. The van der Waals surface area contributed by atoms with Crippen LogP contribution in [0, 0.1) is 6.92 Å². The number of hydrogen-bond donors (Lipinski definition) is 0. The minimum absolute atomic E-state index is 0.0735. The summed E-state index contributed by atoms with van der Waals surface area (Å²) in [6, 6.07) is 53.2. The highest BCUT2D eigenvalue weighted by Crippen LogP contribution is 2.53. The van der Waals surface area contributed by atoms with E-state index in [0.29, 0.717) is 5.92 Å². The summed E-state index contributed by atoms with van der Waals surface area (Å²) in [5.74, 6) is 0.339. The Kier molecular flexibility index (Phi) is 7.00. The molecule has 0 nitrogen and oxygen atoms in total. The van der Waals surface area contributed by atoms with Gasteiger partial charge in [-0.15, -0.1) is 0 Å². The van der Waals surface area contributed by atoms with Crippen molar-refractivity contribution in [1.29, 1.82) is 0 Å². The quantitative estimate of drug-likeness (QED) is 0.192. The summed E-state index contributed by atoms with van der Waals surface area (Å²) >= 11 is 0. The van der Waals surface area contributed by atoms with Crippen molar-refractivity contribution < 1.29 is 0 Å². The number of rotatable bonds is 4. The molecule has 8 rings (SSSR count). The standard InChI is InChI=1S/C46H36/c1-32-14-6-8-18-38(32)45(35-15-4-3-5-16-35)39-19-9-7-17-37(39)30-33-23-25-34(26-24-33)36-27-28-42-40-20-10-11-21-41(40)43-22-12-13-29-46(43,2)44(42)31-36/h3-31,43H,1-2H3/b37-30+,45-39-. The predicted molar refractivity (Wildman–Crippen MR) is 194 cm³/mol. The minimum Gasteiger partial charge on any atom is -0.0758 e. The lowest BCUT2D eigenvalue weighted by Gasteiger charge is -2.42. The van der Waals surface area contributed by atoms with E-state index in [2.05, 4.69) is 190 Å². The van der Waals surface area contributed by atoms with Crippen LogP contribution in [0.25, 0.3) is 33.9 Å². The zero-order valence-corrected chi connectivity index (χ0v) is 26.3. The van der Waals surface area contributed by atoms with Crippen LogP contribution >= 0.6 is 0 Å². The van der Waals surface area contributed by atoms with Crippen molar-refractivity contribution >= 4 is 11.6 Å². The molecule has 0 fully saturated rings. The van der Waals surface area contributed by atoms with Gasteiger partial charge >= 0.3 is 0 Å². The normalized spacial score (nSPS) is 18.8. The van der Waals surface area contributed by atoms with Crippen LogP contribution in [0.1, 0.15) is 46.2 Å². The summed E-state index contributed by atoms with van der Waals surface area (Å²) in [5, 5.41) is 2.44. The summed E-state index contributed by atoms with van der Waals surface area (Å²) in [6.45, 7) is 4.59. The lowest BCUT2D eigenvalue weighted by Crippen LogP contribution is -2.32. The molecule has 0 aliphatic heterocycles. The highest BCUT2D eigenvalue weighted by atomic mass is 14.4. The smallest absolute Gasteiger partial charge is 0.0217 e. The van der Waals surface area contributed by atoms with Crippen LogP contribution in [0.2, 0.25) is 0 Å². The van der Waals surface area contributed by atoms with Crippen molar-refractivity contribution in [2.45, 2.75) is 25.2 Å². The SMILES string of the molecule is Cc1ccccc1/C(c1ccccc1)=c1/cccc/c1=C\c1ccc(-c2ccc3c(c2)C2(C)C=CC=CC2c2ccccc2-3)cc1. The van der Waals surface area contributed by atoms with E-state index in [4.69, 9.17) is 0 Å². The van der Waals surface area contributed by atoms with E-state index in [1.165, 1.54) is 71.6 Å². The molecule has 2 aliphatic rings. The maximum atomic E-state index is 2.43. The molecule has 0 amide bonds. The lowest BCUT2D eigenvalue weighted by molar-refractivity contribution is 0.519. The van der Waals surface area contributed by atoms with Crippen molar-refractivity contribution in [3.63, 3.8) is 0 Å². The minimum atomic E-state index is -0.0735. The van der Waals surface area contributed by atoms with Crippen LogP contribution in [0.3, 0.4) is 0 Å². The summed E-state index contributed by atoms with van der Waals surface area (Å²) in [7, 11) is 0. The molecule has 0 N–H and O–H groups in total. The molecule has 46 heavy (non-hydrogen) atoms. The zero-order valence-electron chi connectivity index (χ0n) is 26.3. The second-order valence-electron chi connectivity index (χ2n) is 12.8. The van der Waals surface area contributed by atoms with Gasteiger partial charge in [0.2, 0.25) is 0 Å². The fraction of sp³-hybridized carbons (Fsp3) is 0.0870. The summed E-state index contributed by atoms with van der Waals surface area (Å²) in [4.78, 5) is 0. The molecule has 0 bridgehead atoms. The van der Waals surface area contributed by atoms with Crippen molar-refractivity contribution in [2.75, 3.05) is 0 Å². The molecule has 2 unspecified atom stereocenters. The summed E-state index contributed by atoms with van der Waals surface area (Å²) < 4.78 is 0. The number of fused-ring (bicyclic) bond motifs is 6. The lowest BCUT2D eigenvalue weighted by atomic mass is 9.60. The molecule has 2 atom stereocenters. The average molecular weight is 589 g/mol. The van der Waals surface area contributed by atoms with E-state index in [9.17, 15) is 0 Å². The largest absolute Gasteiger partial charge is 0.0758 e. The maximum absolute atomic E-state index is 2.43. The fourth-order valence-corrected chi connectivity index (χ4v) is 7.55. The summed E-state index contributed by atoms with van der Waals surface area (Å²) in [6.07, 6.45) is 11.5. The second kappa shape index (κ2) is 11.5. The van der Waals surface area contributed by atoms with Gasteiger partial charge < -0.3 is 0 Å². The molecule has 2 aliphatic carbocycles. The first-order chi connectivity index (χ1) is 22.6. The highest BCUT2D eigenvalue weighted by molar-refractivity contribution is 5.83. The Bertz CT molecular complexity index is 2260. The van der Waals surface area contributed by atoms with Gasteiger partial charge in [-0.05, 0) is 90.7 Å². The average Bonchev–Trinajstić information content (AvgIpc) is 3.11. The van der Waals surface area contributed by atoms with E-state index < -0.39 is 0 Å². The van der Waals surface area contributed by atoms with Gasteiger partial charge in [-0.25, -0.2) is 0 Å². The number of allylic oxidation sites excluding steroid dienone is 4. The molecular weight excluding hydrogens is 553 g/mol. The van der Waals surface area contributed by atoms with Gasteiger partial charge in [0.1, 0.15) is 0 Å². The molecule has 0 aromatic heterocycles. The van der Waals surface area contributed by atoms with Crippen LogP contribution in [-0.4, -0.2) is 0 Å². The van der Waals surface area contributed by atoms with E-state index in [1.807, 2.05) is 0 Å². The van der Waals surface area contributed by atoms with Crippen LogP contribution in [0.4, 0.5) is 0 Å². The summed E-state index contributed by atoms with van der Waals surface area (Å²) in [5.41, 5.74) is 14.1. The van der Waals surface area contributed by atoms with Gasteiger partial charge in [0.15, 0.2) is 0 Å². The molecule has 0 saturated heterocycles. The van der Waals surface area contributed by atoms with Gasteiger partial charge in [-0.2, -0.15) is 0 Å². The van der Waals surface area contributed by atoms with Crippen LogP contribution in [0.15, 0.2) is 170 Å². The third-order valence-corrected chi connectivity index (χ3v) is 9.96. The van der Waals surface area contributed by atoms with E-state index in [-0.39, 0.29) is 5.41 Å². The van der Waals surface area contributed by atoms with Crippen molar-refractivity contribution in [3.8, 4) is 22.3 Å².